The lowest BCUT2D eigenvalue weighted by atomic mass is 9.84. The molecule has 0 aliphatic rings. The zero-order chi connectivity index (χ0) is 19.6. The van der Waals surface area contributed by atoms with Crippen LogP contribution in [-0.2, 0) is 5.41 Å². The summed E-state index contributed by atoms with van der Waals surface area (Å²) in [6.45, 7) is 11.0. The number of aryl methyl sites for hydroxylation is 2. The predicted molar refractivity (Wildman–Crippen MR) is 121 cm³/mol. The van der Waals surface area contributed by atoms with Crippen molar-refractivity contribution < 1.29 is 4.42 Å². The van der Waals surface area contributed by atoms with Crippen molar-refractivity contribution in [2.24, 2.45) is 0 Å². The molecular weight excluding hydrogens is 362 g/mol. The Kier molecular flexibility index (Phi) is 3.69. The Hall–Kier alpha value is -2.65. The lowest BCUT2D eigenvalue weighted by molar-refractivity contribution is 0.585. The van der Waals surface area contributed by atoms with E-state index in [1.54, 1.807) is 11.3 Å². The van der Waals surface area contributed by atoms with E-state index in [0.717, 1.165) is 27.8 Å². The number of fused-ring (bicyclic) bond motifs is 5. The molecule has 3 heteroatoms. The number of pyridine rings is 1. The molecule has 2 nitrogen and oxygen atoms in total. The van der Waals surface area contributed by atoms with Crippen LogP contribution in [0.5, 0.6) is 0 Å². The fourth-order valence-corrected chi connectivity index (χ4v) is 5.16. The molecule has 28 heavy (non-hydrogen) atoms. The Labute approximate surface area is 168 Å². The van der Waals surface area contributed by atoms with Gasteiger partial charge < -0.3 is 4.42 Å². The SMILES string of the molecule is Cc1cc2ccc3c4cccc(-c5cc(C(C)(C)C)c(C)cn5)c4oc3c2s1. The summed E-state index contributed by atoms with van der Waals surface area (Å²) >= 11 is 1.80. The zero-order valence-corrected chi connectivity index (χ0v) is 17.7. The van der Waals surface area contributed by atoms with E-state index in [4.69, 9.17) is 9.40 Å². The summed E-state index contributed by atoms with van der Waals surface area (Å²) in [7, 11) is 0. The van der Waals surface area contributed by atoms with Crippen LogP contribution in [0.4, 0.5) is 0 Å². The monoisotopic (exact) mass is 385 g/mol. The van der Waals surface area contributed by atoms with E-state index in [-0.39, 0.29) is 5.41 Å². The molecule has 0 saturated carbocycles. The number of nitrogens with zero attached hydrogens (tertiary/aromatic N) is 1. The van der Waals surface area contributed by atoms with E-state index >= 15 is 0 Å². The lowest BCUT2D eigenvalue weighted by Gasteiger charge is -2.22. The number of thiophene rings is 1. The molecule has 3 aromatic heterocycles. The lowest BCUT2D eigenvalue weighted by Crippen LogP contribution is -2.13. The maximum atomic E-state index is 6.49. The number of furan rings is 1. The van der Waals surface area contributed by atoms with Gasteiger partial charge in [0.25, 0.3) is 0 Å². The van der Waals surface area contributed by atoms with Crippen LogP contribution >= 0.6 is 11.3 Å². The first-order valence-corrected chi connectivity index (χ1v) is 10.5. The normalized spacial score (nSPS) is 12.5. The van der Waals surface area contributed by atoms with Gasteiger partial charge in [0.2, 0.25) is 0 Å². The van der Waals surface area contributed by atoms with Crippen molar-refractivity contribution in [3.8, 4) is 11.3 Å². The molecule has 0 radical (unpaired) electrons. The summed E-state index contributed by atoms with van der Waals surface area (Å²) < 4.78 is 7.72. The van der Waals surface area contributed by atoms with Crippen LogP contribution in [0.1, 0.15) is 36.8 Å². The van der Waals surface area contributed by atoms with Crippen LogP contribution in [-0.4, -0.2) is 4.98 Å². The number of para-hydroxylation sites is 1. The third-order valence-electron chi connectivity index (χ3n) is 5.46. The molecule has 140 valence electrons. The van der Waals surface area contributed by atoms with Crippen molar-refractivity contribution in [2.75, 3.05) is 0 Å². The molecule has 0 aliphatic carbocycles. The Morgan fingerprint density at radius 1 is 0.929 bits per heavy atom. The van der Waals surface area contributed by atoms with Gasteiger partial charge >= 0.3 is 0 Å². The van der Waals surface area contributed by atoms with Crippen LogP contribution in [0.25, 0.3) is 43.3 Å². The van der Waals surface area contributed by atoms with Crippen LogP contribution in [0.15, 0.2) is 53.1 Å². The zero-order valence-electron chi connectivity index (χ0n) is 16.9. The molecule has 5 rings (SSSR count). The first kappa shape index (κ1) is 17.4. The second-order valence-electron chi connectivity index (χ2n) is 8.64. The third-order valence-corrected chi connectivity index (χ3v) is 6.53. The molecular formula is C25H23NOS. The maximum absolute atomic E-state index is 6.49. The van der Waals surface area contributed by atoms with Gasteiger partial charge in [0, 0.05) is 27.4 Å². The Morgan fingerprint density at radius 3 is 2.50 bits per heavy atom. The van der Waals surface area contributed by atoms with E-state index in [1.165, 1.54) is 31.5 Å². The topological polar surface area (TPSA) is 26.0 Å². The van der Waals surface area contributed by atoms with Crippen LogP contribution in [0.3, 0.4) is 0 Å². The van der Waals surface area contributed by atoms with Gasteiger partial charge in [0.1, 0.15) is 5.58 Å². The highest BCUT2D eigenvalue weighted by Gasteiger charge is 2.20. The molecule has 0 saturated heterocycles. The average molecular weight is 386 g/mol. The maximum Gasteiger partial charge on any atom is 0.153 e. The predicted octanol–water partition coefficient (Wildman–Crippen LogP) is 7.78. The molecule has 2 aromatic carbocycles. The van der Waals surface area contributed by atoms with Gasteiger partial charge in [-0.2, -0.15) is 0 Å². The summed E-state index contributed by atoms with van der Waals surface area (Å²) in [6, 6.07) is 15.2. The summed E-state index contributed by atoms with van der Waals surface area (Å²) in [4.78, 5) is 6.06. The molecule has 0 aliphatic heterocycles. The van der Waals surface area contributed by atoms with Crippen LogP contribution in [0.2, 0.25) is 0 Å². The summed E-state index contributed by atoms with van der Waals surface area (Å²) in [5, 5.41) is 3.58. The molecule has 0 N–H and O–H groups in total. The number of hydrogen-bond acceptors (Lipinski definition) is 3. The minimum absolute atomic E-state index is 0.0736. The van der Waals surface area contributed by atoms with Gasteiger partial charge in [0.05, 0.1) is 10.4 Å². The Morgan fingerprint density at radius 2 is 1.71 bits per heavy atom. The Bertz CT molecular complexity index is 1360. The van der Waals surface area contributed by atoms with Gasteiger partial charge in [0.15, 0.2) is 5.58 Å². The Balaban J connectivity index is 1.83. The van der Waals surface area contributed by atoms with E-state index in [9.17, 15) is 0 Å². The van der Waals surface area contributed by atoms with Crippen LogP contribution in [0, 0.1) is 13.8 Å². The van der Waals surface area contributed by atoms with Crippen molar-refractivity contribution in [1.29, 1.82) is 0 Å². The molecule has 0 bridgehead atoms. The van der Waals surface area contributed by atoms with Gasteiger partial charge in [-0.15, -0.1) is 11.3 Å². The van der Waals surface area contributed by atoms with Crippen molar-refractivity contribution >= 4 is 43.4 Å². The average Bonchev–Trinajstić information content (AvgIpc) is 3.20. The highest BCUT2D eigenvalue weighted by molar-refractivity contribution is 7.19. The largest absolute Gasteiger partial charge is 0.454 e. The first-order chi connectivity index (χ1) is 13.3. The molecule has 3 heterocycles. The minimum atomic E-state index is 0.0736. The number of aromatic nitrogens is 1. The fraction of sp³-hybridized carbons (Fsp3) is 0.240. The molecule has 0 unspecified atom stereocenters. The highest BCUT2D eigenvalue weighted by atomic mass is 32.1. The minimum Gasteiger partial charge on any atom is -0.454 e. The second-order valence-corrected chi connectivity index (χ2v) is 9.89. The molecule has 0 spiro atoms. The molecule has 0 atom stereocenters. The summed E-state index contributed by atoms with van der Waals surface area (Å²) in [5.41, 5.74) is 6.56. The van der Waals surface area contributed by atoms with Gasteiger partial charge in [-0.3, -0.25) is 4.98 Å². The highest BCUT2D eigenvalue weighted by Crippen LogP contribution is 2.41. The van der Waals surface area contributed by atoms with Gasteiger partial charge in [-0.05, 0) is 60.0 Å². The molecule has 0 fully saturated rings. The van der Waals surface area contributed by atoms with E-state index in [2.05, 4.69) is 77.1 Å². The van der Waals surface area contributed by atoms with Gasteiger partial charge in [-0.25, -0.2) is 0 Å². The van der Waals surface area contributed by atoms with E-state index in [0.29, 0.717) is 0 Å². The molecule has 5 aromatic rings. The fourth-order valence-electron chi connectivity index (χ4n) is 4.16. The van der Waals surface area contributed by atoms with Gasteiger partial charge in [-0.1, -0.05) is 39.0 Å². The number of rotatable bonds is 1. The summed E-state index contributed by atoms with van der Waals surface area (Å²) in [6.07, 6.45) is 1.98. The molecule has 0 amide bonds. The van der Waals surface area contributed by atoms with E-state index in [1.807, 2.05) is 6.20 Å². The first-order valence-electron chi connectivity index (χ1n) is 9.65. The van der Waals surface area contributed by atoms with Crippen molar-refractivity contribution in [3.63, 3.8) is 0 Å². The van der Waals surface area contributed by atoms with Crippen LogP contribution < -0.4 is 0 Å². The number of hydrogen-bond donors (Lipinski definition) is 0. The summed E-state index contributed by atoms with van der Waals surface area (Å²) in [5.74, 6) is 0. The van der Waals surface area contributed by atoms with Crippen molar-refractivity contribution in [3.05, 3.63) is 64.7 Å². The number of benzene rings is 2. The van der Waals surface area contributed by atoms with Crippen molar-refractivity contribution in [2.45, 2.75) is 40.0 Å². The second kappa shape index (κ2) is 5.92. The smallest absolute Gasteiger partial charge is 0.153 e. The van der Waals surface area contributed by atoms with Crippen molar-refractivity contribution in [1.82, 2.24) is 4.98 Å². The quantitative estimate of drug-likeness (QED) is 0.294. The van der Waals surface area contributed by atoms with E-state index < -0.39 is 0 Å². The third kappa shape index (κ3) is 2.57. The standard InChI is InChI=1S/C25H23NOS/c1-14-13-26-21(12-20(14)25(3,4)5)19-8-6-7-17-18-10-9-16-11-15(2)28-24(16)23(18)27-22(17)19/h6-13H,1-5H3.